The third-order valence-electron chi connectivity index (χ3n) is 4.90. The van der Waals surface area contributed by atoms with Crippen molar-refractivity contribution in [3.63, 3.8) is 0 Å². The summed E-state index contributed by atoms with van der Waals surface area (Å²) in [7, 11) is -4.57. The van der Waals surface area contributed by atoms with E-state index >= 15 is 0 Å². The smallest absolute Gasteiger partial charge is 0.378 e. The number of nitrogens with zero attached hydrogens (tertiary/aromatic N) is 1. The Kier molecular flexibility index (Phi) is 5.99. The molecule has 1 fully saturated rings. The van der Waals surface area contributed by atoms with E-state index in [1.54, 1.807) is 12.1 Å². The van der Waals surface area contributed by atoms with Crippen LogP contribution in [0.4, 0.5) is 0 Å². The summed E-state index contributed by atoms with van der Waals surface area (Å²) >= 11 is 0. The molecular weight excluding hydrogens is 397 g/mol. The average Bonchev–Trinajstić information content (AvgIpc) is 3.08. The first-order valence-electron chi connectivity index (χ1n) is 9.01. The minimum absolute atomic E-state index is 0.150. The summed E-state index contributed by atoms with van der Waals surface area (Å²) in [4.78, 5) is 11.3. The molecule has 1 unspecified atom stereocenters. The molecule has 1 saturated heterocycles. The number of methoxy groups -OCH3 is 1. The standard InChI is InChI=1S/C19H22BNO7S/c1-20(24)21-13-14(22)12-19(21,18(23)27-2)29(25,26)17-10-8-16(9-11-17)28-15-6-4-3-5-7-15/h3-11,14,22,24H,12-13H2,1-2H3/t14-,19?/m1/s1. The number of hydrogen-bond acceptors (Lipinski definition) is 8. The number of rotatable bonds is 6. The van der Waals surface area contributed by atoms with E-state index in [1.807, 2.05) is 18.2 Å². The van der Waals surface area contributed by atoms with Crippen LogP contribution in [0.1, 0.15) is 6.42 Å². The Bertz CT molecular complexity index is 966. The topological polar surface area (TPSA) is 113 Å². The van der Waals surface area contributed by atoms with Crippen LogP contribution in [0.25, 0.3) is 0 Å². The van der Waals surface area contributed by atoms with Gasteiger partial charge in [0, 0.05) is 13.0 Å². The zero-order valence-corrected chi connectivity index (χ0v) is 16.9. The fourth-order valence-corrected chi connectivity index (χ4v) is 5.71. The fraction of sp³-hybridized carbons (Fsp3) is 0.316. The van der Waals surface area contributed by atoms with Gasteiger partial charge in [-0.2, -0.15) is 0 Å². The van der Waals surface area contributed by atoms with E-state index in [9.17, 15) is 23.3 Å². The number of aliphatic hydroxyl groups is 1. The van der Waals surface area contributed by atoms with Gasteiger partial charge >= 0.3 is 13.0 Å². The molecule has 154 valence electrons. The van der Waals surface area contributed by atoms with Gasteiger partial charge in [-0.15, -0.1) is 0 Å². The lowest BCUT2D eigenvalue weighted by atomic mass is 9.84. The summed E-state index contributed by atoms with van der Waals surface area (Å²) in [6, 6.07) is 14.6. The maximum Gasteiger partial charge on any atom is 0.378 e. The highest BCUT2D eigenvalue weighted by Crippen LogP contribution is 2.40. The number of aliphatic hydroxyl groups excluding tert-OH is 1. The van der Waals surface area contributed by atoms with Crippen LogP contribution in [-0.4, -0.2) is 61.0 Å². The first kappa shape index (κ1) is 21.3. The Hall–Kier alpha value is -2.40. The molecule has 1 aliphatic rings. The lowest BCUT2D eigenvalue weighted by molar-refractivity contribution is -0.146. The first-order chi connectivity index (χ1) is 13.7. The maximum atomic E-state index is 13.5. The number of carbonyl (C=O) groups excluding carboxylic acids is 1. The van der Waals surface area contributed by atoms with Gasteiger partial charge in [-0.3, -0.25) is 4.81 Å². The lowest BCUT2D eigenvalue weighted by Crippen LogP contribution is -2.60. The van der Waals surface area contributed by atoms with Crippen LogP contribution in [0, 0.1) is 0 Å². The third kappa shape index (κ3) is 3.76. The van der Waals surface area contributed by atoms with Gasteiger partial charge in [0.25, 0.3) is 0 Å². The highest BCUT2D eigenvalue weighted by Gasteiger charge is 2.63. The molecule has 0 spiro atoms. The molecule has 0 amide bonds. The second-order valence-electron chi connectivity index (χ2n) is 6.81. The van der Waals surface area contributed by atoms with Crippen LogP contribution in [0.2, 0.25) is 6.82 Å². The summed E-state index contributed by atoms with van der Waals surface area (Å²) in [6.45, 7) is 1.16. The van der Waals surface area contributed by atoms with Crippen molar-refractivity contribution >= 4 is 22.9 Å². The predicted molar refractivity (Wildman–Crippen MR) is 106 cm³/mol. The largest absolute Gasteiger partial charge is 0.467 e. The summed E-state index contributed by atoms with van der Waals surface area (Å²) in [5.41, 5.74) is 0. The lowest BCUT2D eigenvalue weighted by Gasteiger charge is -2.35. The number of hydrogen-bond donors (Lipinski definition) is 2. The van der Waals surface area contributed by atoms with Crippen molar-refractivity contribution in [2.45, 2.75) is 29.1 Å². The zero-order chi connectivity index (χ0) is 21.2. The molecule has 10 heteroatoms. The van der Waals surface area contributed by atoms with Crippen LogP contribution in [0.15, 0.2) is 59.5 Å². The predicted octanol–water partition coefficient (Wildman–Crippen LogP) is 1.30. The van der Waals surface area contributed by atoms with E-state index in [0.29, 0.717) is 11.5 Å². The number of sulfone groups is 1. The molecule has 2 atom stereocenters. The highest BCUT2D eigenvalue weighted by atomic mass is 32.2. The summed E-state index contributed by atoms with van der Waals surface area (Å²) in [6.07, 6.45) is -1.52. The molecule has 1 aliphatic heterocycles. The Morgan fingerprint density at radius 2 is 1.72 bits per heavy atom. The van der Waals surface area contributed by atoms with Crippen LogP contribution in [0.3, 0.4) is 0 Å². The SMILES string of the molecule is COC(=O)C1(S(=O)(=O)c2ccc(Oc3ccccc3)cc2)C[C@@H](O)CN1B(C)O. The van der Waals surface area contributed by atoms with Gasteiger partial charge in [-0.25, -0.2) is 13.2 Å². The number of ether oxygens (including phenoxy) is 2. The van der Waals surface area contributed by atoms with Crippen LogP contribution in [-0.2, 0) is 19.4 Å². The molecule has 8 nitrogen and oxygen atoms in total. The van der Waals surface area contributed by atoms with Crippen LogP contribution >= 0.6 is 0 Å². The Morgan fingerprint density at radius 1 is 1.14 bits per heavy atom. The van der Waals surface area contributed by atoms with Crippen molar-refractivity contribution in [1.82, 2.24) is 4.81 Å². The minimum atomic E-state index is -4.35. The first-order valence-corrected chi connectivity index (χ1v) is 10.5. The molecule has 0 radical (unpaired) electrons. The molecule has 0 bridgehead atoms. The van der Waals surface area contributed by atoms with Gasteiger partial charge in [0.05, 0.1) is 18.1 Å². The van der Waals surface area contributed by atoms with E-state index < -0.39 is 40.3 Å². The van der Waals surface area contributed by atoms with Crippen molar-refractivity contribution in [2.75, 3.05) is 13.7 Å². The van der Waals surface area contributed by atoms with Crippen molar-refractivity contribution < 1.29 is 32.8 Å². The van der Waals surface area contributed by atoms with Gasteiger partial charge < -0.3 is 19.6 Å². The quantitative estimate of drug-likeness (QED) is 0.532. The average molecular weight is 419 g/mol. The molecule has 2 N–H and O–H groups in total. The second kappa shape index (κ2) is 8.15. The molecule has 0 aromatic heterocycles. The normalized spacial score (nSPS) is 22.3. The maximum absolute atomic E-state index is 13.5. The van der Waals surface area contributed by atoms with Crippen molar-refractivity contribution in [3.8, 4) is 11.5 Å². The third-order valence-corrected chi connectivity index (χ3v) is 7.25. The van der Waals surface area contributed by atoms with Crippen molar-refractivity contribution in [3.05, 3.63) is 54.6 Å². The number of carbonyl (C=O) groups is 1. The highest BCUT2D eigenvalue weighted by molar-refractivity contribution is 7.93. The van der Waals surface area contributed by atoms with E-state index in [2.05, 4.69) is 0 Å². The number of benzene rings is 2. The molecule has 0 saturated carbocycles. The van der Waals surface area contributed by atoms with Gasteiger partial charge in [-0.1, -0.05) is 18.2 Å². The Labute approximate surface area is 169 Å². The molecule has 2 aromatic carbocycles. The monoisotopic (exact) mass is 419 g/mol. The van der Waals surface area contributed by atoms with Crippen LogP contribution < -0.4 is 4.74 Å². The van der Waals surface area contributed by atoms with Crippen molar-refractivity contribution in [1.29, 1.82) is 0 Å². The van der Waals surface area contributed by atoms with Gasteiger partial charge in [0.15, 0.2) is 0 Å². The Balaban J connectivity index is 2.00. The number of para-hydroxylation sites is 1. The van der Waals surface area contributed by atoms with Crippen molar-refractivity contribution in [2.24, 2.45) is 0 Å². The zero-order valence-electron chi connectivity index (χ0n) is 16.1. The summed E-state index contributed by atoms with van der Waals surface area (Å²) in [5.74, 6) is -0.0472. The summed E-state index contributed by atoms with van der Waals surface area (Å²) < 4.78 is 37.4. The van der Waals surface area contributed by atoms with Crippen LogP contribution in [0.5, 0.6) is 11.5 Å². The van der Waals surface area contributed by atoms with Gasteiger partial charge in [0.2, 0.25) is 14.7 Å². The number of esters is 1. The molecule has 1 heterocycles. The van der Waals surface area contributed by atoms with Gasteiger partial charge in [-0.05, 0) is 43.2 Å². The number of β-amino-alcohol motifs (C(OH)–C–C–N with tert-alkyl or cyclic N) is 1. The van der Waals surface area contributed by atoms with E-state index in [1.165, 1.54) is 31.1 Å². The van der Waals surface area contributed by atoms with E-state index in [4.69, 9.17) is 9.47 Å². The van der Waals surface area contributed by atoms with E-state index in [0.717, 1.165) is 11.9 Å². The Morgan fingerprint density at radius 3 is 2.28 bits per heavy atom. The second-order valence-corrected chi connectivity index (χ2v) is 8.96. The molecule has 0 aliphatic carbocycles. The molecule has 3 rings (SSSR count). The molecule has 29 heavy (non-hydrogen) atoms. The fourth-order valence-electron chi connectivity index (χ4n) is 3.57. The molecular formula is C19H22BNO7S. The van der Waals surface area contributed by atoms with E-state index in [-0.39, 0.29) is 11.4 Å². The summed E-state index contributed by atoms with van der Waals surface area (Å²) in [5, 5.41) is 20.2. The minimum Gasteiger partial charge on any atom is -0.467 e. The molecule has 2 aromatic rings. The van der Waals surface area contributed by atoms with Gasteiger partial charge in [0.1, 0.15) is 11.5 Å².